The van der Waals surface area contributed by atoms with Crippen molar-refractivity contribution in [1.29, 1.82) is 0 Å². The topological polar surface area (TPSA) is 78.9 Å². The summed E-state index contributed by atoms with van der Waals surface area (Å²) in [5, 5.41) is 0. The lowest BCUT2D eigenvalue weighted by molar-refractivity contribution is -0.167. The number of rotatable bonds is 51. The number of esters is 3. The maximum absolute atomic E-state index is 12.8. The quantitative estimate of drug-likeness (QED) is 0.0261. The minimum Gasteiger partial charge on any atom is -0.462 e. The predicted molar refractivity (Wildman–Crippen MR) is 306 cm³/mol. The lowest BCUT2D eigenvalue weighted by Gasteiger charge is -2.18. The molecule has 0 aliphatic heterocycles. The van der Waals surface area contributed by atoms with Crippen LogP contribution in [0, 0.1) is 0 Å². The number of allylic oxidation sites excluding steroid dienone is 20. The Morgan fingerprint density at radius 3 is 0.915 bits per heavy atom. The van der Waals surface area contributed by atoms with Gasteiger partial charge in [-0.3, -0.25) is 14.4 Å². The van der Waals surface area contributed by atoms with E-state index in [1.54, 1.807) is 0 Å². The molecule has 6 heteroatoms. The van der Waals surface area contributed by atoms with Crippen LogP contribution >= 0.6 is 0 Å². The van der Waals surface area contributed by atoms with E-state index in [0.717, 1.165) is 135 Å². The Balaban J connectivity index is 4.30. The normalized spacial score (nSPS) is 13.0. The molecular formula is C65H106O6. The first-order chi connectivity index (χ1) is 35.0. The minimum atomic E-state index is -0.796. The van der Waals surface area contributed by atoms with Gasteiger partial charge in [0.25, 0.3) is 0 Å². The summed E-state index contributed by atoms with van der Waals surface area (Å²) in [7, 11) is 0. The van der Waals surface area contributed by atoms with E-state index in [2.05, 4.69) is 142 Å². The largest absolute Gasteiger partial charge is 0.462 e. The number of ether oxygens (including phenoxy) is 3. The summed E-state index contributed by atoms with van der Waals surface area (Å²) in [5.41, 5.74) is 0. The van der Waals surface area contributed by atoms with Gasteiger partial charge >= 0.3 is 17.9 Å². The molecule has 6 nitrogen and oxygen atoms in total. The molecule has 0 fully saturated rings. The van der Waals surface area contributed by atoms with Gasteiger partial charge in [-0.25, -0.2) is 0 Å². The fourth-order valence-electron chi connectivity index (χ4n) is 7.60. The second-order valence-electron chi connectivity index (χ2n) is 18.8. The molecule has 0 aromatic rings. The summed E-state index contributed by atoms with van der Waals surface area (Å²) in [4.78, 5) is 38.0. The monoisotopic (exact) mass is 983 g/mol. The fourth-order valence-corrected chi connectivity index (χ4v) is 7.60. The van der Waals surface area contributed by atoms with E-state index in [1.165, 1.54) is 77.0 Å². The lowest BCUT2D eigenvalue weighted by Crippen LogP contribution is -2.30. The molecule has 0 heterocycles. The van der Waals surface area contributed by atoms with E-state index < -0.39 is 6.10 Å². The minimum absolute atomic E-state index is 0.0924. The average Bonchev–Trinajstić information content (AvgIpc) is 3.37. The molecular weight excluding hydrogens is 877 g/mol. The van der Waals surface area contributed by atoms with Crippen LogP contribution < -0.4 is 0 Å². The van der Waals surface area contributed by atoms with Crippen molar-refractivity contribution in [2.75, 3.05) is 13.2 Å². The summed E-state index contributed by atoms with van der Waals surface area (Å²) >= 11 is 0. The van der Waals surface area contributed by atoms with Gasteiger partial charge in [0.05, 0.1) is 0 Å². The van der Waals surface area contributed by atoms with E-state index in [0.29, 0.717) is 19.3 Å². The second kappa shape index (κ2) is 58.4. The van der Waals surface area contributed by atoms with Crippen LogP contribution in [0.15, 0.2) is 122 Å². The van der Waals surface area contributed by atoms with Gasteiger partial charge in [0.15, 0.2) is 6.10 Å². The van der Waals surface area contributed by atoms with Crippen molar-refractivity contribution < 1.29 is 28.6 Å². The third-order valence-electron chi connectivity index (χ3n) is 12.0. The number of carbonyl (C=O) groups excluding carboxylic acids is 3. The van der Waals surface area contributed by atoms with Gasteiger partial charge in [-0.1, -0.05) is 239 Å². The third kappa shape index (κ3) is 56.6. The zero-order chi connectivity index (χ0) is 51.4. The van der Waals surface area contributed by atoms with Crippen molar-refractivity contribution in [3.63, 3.8) is 0 Å². The first-order valence-electron chi connectivity index (χ1n) is 29.0. The fraction of sp³-hybridized carbons (Fsp3) is 0.646. The summed E-state index contributed by atoms with van der Waals surface area (Å²) in [5.74, 6) is -0.941. The molecule has 402 valence electrons. The molecule has 0 aliphatic carbocycles. The molecule has 0 amide bonds. The predicted octanol–water partition coefficient (Wildman–Crippen LogP) is 19.6. The van der Waals surface area contributed by atoms with E-state index >= 15 is 0 Å². The van der Waals surface area contributed by atoms with Crippen molar-refractivity contribution in [2.45, 2.75) is 258 Å². The van der Waals surface area contributed by atoms with Crippen molar-refractivity contribution in [2.24, 2.45) is 0 Å². The molecule has 0 rings (SSSR count). The summed E-state index contributed by atoms with van der Waals surface area (Å²) < 4.78 is 16.8. The van der Waals surface area contributed by atoms with Gasteiger partial charge in [-0.15, -0.1) is 0 Å². The molecule has 0 radical (unpaired) electrons. The maximum Gasteiger partial charge on any atom is 0.306 e. The molecule has 1 atom stereocenters. The highest BCUT2D eigenvalue weighted by atomic mass is 16.6. The van der Waals surface area contributed by atoms with Gasteiger partial charge in [-0.05, 0) is 116 Å². The summed E-state index contributed by atoms with van der Waals surface area (Å²) in [6, 6.07) is 0. The molecule has 0 aliphatic rings. The zero-order valence-electron chi connectivity index (χ0n) is 45.9. The third-order valence-corrected chi connectivity index (χ3v) is 12.0. The highest BCUT2D eigenvalue weighted by molar-refractivity contribution is 5.71. The first-order valence-corrected chi connectivity index (χ1v) is 29.0. The van der Waals surface area contributed by atoms with Crippen LogP contribution in [0.3, 0.4) is 0 Å². The summed E-state index contributed by atoms with van der Waals surface area (Å²) in [6.45, 7) is 6.44. The van der Waals surface area contributed by atoms with Crippen LogP contribution in [-0.4, -0.2) is 37.2 Å². The van der Waals surface area contributed by atoms with E-state index in [4.69, 9.17) is 14.2 Å². The van der Waals surface area contributed by atoms with E-state index in [1.807, 2.05) is 0 Å². The smallest absolute Gasteiger partial charge is 0.306 e. The van der Waals surface area contributed by atoms with Gasteiger partial charge in [0.1, 0.15) is 13.2 Å². The molecule has 0 bridgehead atoms. The van der Waals surface area contributed by atoms with Crippen molar-refractivity contribution in [3.8, 4) is 0 Å². The van der Waals surface area contributed by atoms with Crippen LogP contribution in [0.1, 0.15) is 252 Å². The molecule has 0 spiro atoms. The summed E-state index contributed by atoms with van der Waals surface area (Å²) in [6.07, 6.45) is 80.6. The number of carbonyl (C=O) groups is 3. The molecule has 1 unspecified atom stereocenters. The lowest BCUT2D eigenvalue weighted by atomic mass is 10.1. The van der Waals surface area contributed by atoms with E-state index in [-0.39, 0.29) is 31.1 Å². The molecule has 0 aromatic heterocycles. The molecule has 0 saturated carbocycles. The molecule has 0 aromatic carbocycles. The van der Waals surface area contributed by atoms with Gasteiger partial charge < -0.3 is 14.2 Å². The Kier molecular flexibility index (Phi) is 54.9. The van der Waals surface area contributed by atoms with Crippen LogP contribution in [0.25, 0.3) is 0 Å². The van der Waals surface area contributed by atoms with Crippen LogP contribution in [-0.2, 0) is 28.6 Å². The van der Waals surface area contributed by atoms with Crippen molar-refractivity contribution in [1.82, 2.24) is 0 Å². The zero-order valence-corrected chi connectivity index (χ0v) is 45.9. The van der Waals surface area contributed by atoms with Gasteiger partial charge in [-0.2, -0.15) is 0 Å². The van der Waals surface area contributed by atoms with Crippen molar-refractivity contribution >= 4 is 17.9 Å². The van der Waals surface area contributed by atoms with Crippen molar-refractivity contribution in [3.05, 3.63) is 122 Å². The second-order valence-corrected chi connectivity index (χ2v) is 18.8. The molecule has 0 saturated heterocycles. The Labute approximate surface area is 437 Å². The Morgan fingerprint density at radius 1 is 0.296 bits per heavy atom. The maximum atomic E-state index is 12.8. The Hall–Kier alpha value is -4.19. The highest BCUT2D eigenvalue weighted by Crippen LogP contribution is 2.14. The van der Waals surface area contributed by atoms with Gasteiger partial charge in [0, 0.05) is 19.3 Å². The first kappa shape index (κ1) is 66.8. The van der Waals surface area contributed by atoms with Crippen LogP contribution in [0.4, 0.5) is 0 Å². The van der Waals surface area contributed by atoms with E-state index in [9.17, 15) is 14.4 Å². The number of hydrogen-bond donors (Lipinski definition) is 0. The Bertz CT molecular complexity index is 1500. The SMILES string of the molecule is CC/C=C\C/C=C\C/C=C\C/C=C\C/C=C\C/C=C\C/C=C\C/C=C\C/C=C\CCCCCC(=O)OCC(COC(=O)CCCCCCCCCCCC)OC(=O)CCCCCCC/C=C\CCCCC. The standard InChI is InChI=1S/C65H106O6/c1-4-7-10-13-16-19-22-24-25-26-27-28-29-30-31-32-33-34-35-36-37-38-39-40-41-42-44-46-49-52-55-58-64(67)70-61-62(60-69-63(66)57-54-51-48-45-21-18-15-12-9-6-3)71-65(68)59-56-53-50-47-43-23-20-17-14-11-8-5-2/h7,10,16-17,19-20,24-25,27-28,30-31,33-34,36-37,39-40,42,44,62H,4-6,8-9,11-15,18,21-23,26,29,32,35,38,41,43,45-61H2,1-3H3/b10-7-,19-16-,20-17-,25-24-,28-27-,31-30-,34-33-,37-36-,40-39-,44-42-. The molecule has 0 N–H and O–H groups in total. The number of unbranched alkanes of at least 4 members (excludes halogenated alkanes) is 20. The van der Waals surface area contributed by atoms with Gasteiger partial charge in [0.2, 0.25) is 0 Å². The Morgan fingerprint density at radius 2 is 0.549 bits per heavy atom. The van der Waals surface area contributed by atoms with Crippen LogP contribution in [0.5, 0.6) is 0 Å². The average molecular weight is 984 g/mol. The highest BCUT2D eigenvalue weighted by Gasteiger charge is 2.19. The number of hydrogen-bond acceptors (Lipinski definition) is 6. The van der Waals surface area contributed by atoms with Crippen LogP contribution in [0.2, 0.25) is 0 Å². The molecule has 71 heavy (non-hydrogen) atoms.